The van der Waals surface area contributed by atoms with E-state index in [0.717, 1.165) is 0 Å². The zero-order chi connectivity index (χ0) is 17.0. The molecule has 0 bridgehead atoms. The van der Waals surface area contributed by atoms with Gasteiger partial charge in [0.1, 0.15) is 5.75 Å². The molecule has 2 rings (SSSR count). The summed E-state index contributed by atoms with van der Waals surface area (Å²) in [5.41, 5.74) is 0.355. The first-order chi connectivity index (χ1) is 10.8. The Labute approximate surface area is 140 Å². The molecule has 0 spiro atoms. The number of carbonyl (C=O) groups excluding carboxylic acids is 1. The zero-order valence-corrected chi connectivity index (χ0v) is 13.0. The Kier molecular flexibility index (Phi) is 5.38. The van der Waals surface area contributed by atoms with Crippen LogP contribution in [0.25, 0.3) is 0 Å². The highest BCUT2D eigenvalue weighted by Crippen LogP contribution is 2.26. The molecule has 1 N–H and O–H groups in total. The van der Waals surface area contributed by atoms with Gasteiger partial charge in [0.05, 0.1) is 10.6 Å². The van der Waals surface area contributed by atoms with Crippen LogP contribution in [0.5, 0.6) is 5.75 Å². The molecule has 23 heavy (non-hydrogen) atoms. The average molecular weight is 364 g/mol. The van der Waals surface area contributed by atoms with Gasteiger partial charge >= 0.3 is 6.36 Å². The lowest BCUT2D eigenvalue weighted by Gasteiger charge is -2.14. The van der Waals surface area contributed by atoms with Crippen LogP contribution in [0.2, 0.25) is 10.0 Å². The molecular weight excluding hydrogens is 354 g/mol. The van der Waals surface area contributed by atoms with Crippen LogP contribution < -0.4 is 10.1 Å². The first-order valence-corrected chi connectivity index (χ1v) is 7.09. The highest BCUT2D eigenvalue weighted by atomic mass is 35.5. The minimum atomic E-state index is -4.81. The van der Waals surface area contributed by atoms with E-state index >= 15 is 0 Å². The number of para-hydroxylation sites is 1. The quantitative estimate of drug-likeness (QED) is 0.845. The Morgan fingerprint density at radius 1 is 1.13 bits per heavy atom. The molecule has 0 aromatic heterocycles. The third-order valence-corrected chi connectivity index (χ3v) is 3.36. The second kappa shape index (κ2) is 7.10. The maximum Gasteiger partial charge on any atom is 0.573 e. The molecule has 0 heterocycles. The van der Waals surface area contributed by atoms with Gasteiger partial charge in [0, 0.05) is 17.1 Å². The van der Waals surface area contributed by atoms with Crippen molar-refractivity contribution in [2.75, 3.05) is 0 Å². The lowest BCUT2D eigenvalue weighted by atomic mass is 10.1. The van der Waals surface area contributed by atoms with Crippen molar-refractivity contribution in [1.29, 1.82) is 0 Å². The number of alkyl halides is 3. The zero-order valence-electron chi connectivity index (χ0n) is 11.5. The van der Waals surface area contributed by atoms with Crippen molar-refractivity contribution < 1.29 is 22.7 Å². The molecule has 0 radical (unpaired) electrons. The summed E-state index contributed by atoms with van der Waals surface area (Å²) in [5.74, 6) is -0.906. The summed E-state index contributed by atoms with van der Waals surface area (Å²) in [6, 6.07) is 9.86. The molecule has 122 valence electrons. The highest BCUT2D eigenvalue weighted by Gasteiger charge is 2.32. The van der Waals surface area contributed by atoms with Crippen LogP contribution in [0.15, 0.2) is 42.5 Å². The Morgan fingerprint density at radius 3 is 2.48 bits per heavy atom. The normalized spacial score (nSPS) is 11.2. The summed E-state index contributed by atoms with van der Waals surface area (Å²) >= 11 is 11.6. The van der Waals surface area contributed by atoms with Crippen LogP contribution in [-0.2, 0) is 6.54 Å². The molecule has 1 amide bonds. The first-order valence-electron chi connectivity index (χ1n) is 6.33. The molecule has 0 aliphatic rings. The predicted molar refractivity (Wildman–Crippen MR) is 80.8 cm³/mol. The maximum absolute atomic E-state index is 12.3. The van der Waals surface area contributed by atoms with E-state index < -0.39 is 12.3 Å². The number of rotatable bonds is 4. The molecule has 8 heteroatoms. The summed E-state index contributed by atoms with van der Waals surface area (Å²) in [4.78, 5) is 12.0. The Bertz CT molecular complexity index is 720. The molecule has 0 unspecified atom stereocenters. The molecule has 0 saturated carbocycles. The number of hydrogen-bond donors (Lipinski definition) is 1. The summed E-state index contributed by atoms with van der Waals surface area (Å²) in [6.07, 6.45) is -4.81. The highest BCUT2D eigenvalue weighted by molar-refractivity contribution is 6.36. The van der Waals surface area contributed by atoms with Crippen LogP contribution in [0, 0.1) is 0 Å². The van der Waals surface area contributed by atoms with Crippen molar-refractivity contribution in [3.05, 3.63) is 63.6 Å². The second-order valence-corrected chi connectivity index (χ2v) is 5.31. The van der Waals surface area contributed by atoms with Crippen molar-refractivity contribution in [3.8, 4) is 5.75 Å². The minimum Gasteiger partial charge on any atom is -0.405 e. The van der Waals surface area contributed by atoms with E-state index in [2.05, 4.69) is 10.1 Å². The molecule has 0 fully saturated rings. The van der Waals surface area contributed by atoms with Gasteiger partial charge in [-0.05, 0) is 24.3 Å². The predicted octanol–water partition coefficient (Wildman–Crippen LogP) is 4.82. The van der Waals surface area contributed by atoms with Gasteiger partial charge < -0.3 is 10.1 Å². The van der Waals surface area contributed by atoms with Crippen LogP contribution in [-0.4, -0.2) is 12.3 Å². The molecule has 0 atom stereocenters. The largest absolute Gasteiger partial charge is 0.573 e. The summed E-state index contributed by atoms with van der Waals surface area (Å²) in [6.45, 7) is -0.149. The van der Waals surface area contributed by atoms with Crippen molar-refractivity contribution in [2.45, 2.75) is 12.9 Å². The number of halogens is 5. The van der Waals surface area contributed by atoms with Gasteiger partial charge in [-0.25, -0.2) is 0 Å². The number of benzene rings is 2. The second-order valence-electron chi connectivity index (χ2n) is 4.46. The SMILES string of the molecule is O=C(NCc1ccccc1OC(F)(F)F)c1ccc(Cl)cc1Cl. The molecule has 3 nitrogen and oxygen atoms in total. The standard InChI is InChI=1S/C15H10Cl2F3NO2/c16-10-5-6-11(12(17)7-10)14(22)21-8-9-3-1-2-4-13(9)23-15(18,19)20/h1-7H,8H2,(H,21,22). The molecule has 0 aliphatic heterocycles. The van der Waals surface area contributed by atoms with Crippen molar-refractivity contribution >= 4 is 29.1 Å². The van der Waals surface area contributed by atoms with Gasteiger partial charge in [-0.15, -0.1) is 13.2 Å². The van der Waals surface area contributed by atoms with Gasteiger partial charge in [-0.3, -0.25) is 4.79 Å². The molecule has 0 saturated heterocycles. The topological polar surface area (TPSA) is 38.3 Å². The first kappa shape index (κ1) is 17.4. The Balaban J connectivity index is 2.10. The number of hydrogen-bond acceptors (Lipinski definition) is 2. The number of nitrogens with one attached hydrogen (secondary N) is 1. The van der Waals surface area contributed by atoms with Gasteiger partial charge in [0.2, 0.25) is 0 Å². The summed E-state index contributed by atoms with van der Waals surface area (Å²) in [7, 11) is 0. The van der Waals surface area contributed by atoms with E-state index in [0.29, 0.717) is 5.02 Å². The van der Waals surface area contributed by atoms with E-state index in [1.165, 1.54) is 36.4 Å². The third kappa shape index (κ3) is 5.04. The third-order valence-electron chi connectivity index (χ3n) is 2.81. The average Bonchev–Trinajstić information content (AvgIpc) is 2.44. The monoisotopic (exact) mass is 363 g/mol. The number of ether oxygens (including phenoxy) is 1. The van der Waals surface area contributed by atoms with Gasteiger partial charge in [0.25, 0.3) is 5.91 Å². The fourth-order valence-electron chi connectivity index (χ4n) is 1.82. The van der Waals surface area contributed by atoms with Gasteiger partial charge in [-0.1, -0.05) is 41.4 Å². The fraction of sp³-hybridized carbons (Fsp3) is 0.133. The van der Waals surface area contributed by atoms with Crippen molar-refractivity contribution in [1.82, 2.24) is 5.32 Å². The van der Waals surface area contributed by atoms with Crippen LogP contribution in [0.4, 0.5) is 13.2 Å². The minimum absolute atomic E-state index is 0.148. The number of amides is 1. The van der Waals surface area contributed by atoms with Crippen molar-refractivity contribution in [3.63, 3.8) is 0 Å². The summed E-state index contributed by atoms with van der Waals surface area (Å²) in [5, 5.41) is 3.01. The smallest absolute Gasteiger partial charge is 0.405 e. The van der Waals surface area contributed by atoms with E-state index in [4.69, 9.17) is 23.2 Å². The van der Waals surface area contributed by atoms with Crippen LogP contribution in [0.1, 0.15) is 15.9 Å². The van der Waals surface area contributed by atoms with E-state index in [9.17, 15) is 18.0 Å². The molecular formula is C15H10Cl2F3NO2. The van der Waals surface area contributed by atoms with Crippen LogP contribution in [0.3, 0.4) is 0 Å². The van der Waals surface area contributed by atoms with E-state index in [1.807, 2.05) is 0 Å². The lowest BCUT2D eigenvalue weighted by molar-refractivity contribution is -0.274. The molecule has 2 aromatic carbocycles. The Hall–Kier alpha value is -1.92. The van der Waals surface area contributed by atoms with E-state index in [-0.39, 0.29) is 28.4 Å². The van der Waals surface area contributed by atoms with Crippen LogP contribution >= 0.6 is 23.2 Å². The molecule has 0 aliphatic carbocycles. The van der Waals surface area contributed by atoms with Gasteiger partial charge in [0.15, 0.2) is 0 Å². The molecule has 2 aromatic rings. The Morgan fingerprint density at radius 2 is 1.83 bits per heavy atom. The maximum atomic E-state index is 12.3. The number of carbonyl (C=O) groups is 1. The fourth-order valence-corrected chi connectivity index (χ4v) is 2.31. The lowest BCUT2D eigenvalue weighted by Crippen LogP contribution is -2.24. The van der Waals surface area contributed by atoms with Gasteiger partial charge in [-0.2, -0.15) is 0 Å². The van der Waals surface area contributed by atoms with Crippen molar-refractivity contribution in [2.24, 2.45) is 0 Å². The summed E-state index contributed by atoms with van der Waals surface area (Å²) < 4.78 is 40.9. The van der Waals surface area contributed by atoms with E-state index in [1.54, 1.807) is 6.07 Å².